The molecule has 2 rings (SSSR count). The maximum absolute atomic E-state index is 12.4. The number of amides is 1. The van der Waals surface area contributed by atoms with Crippen LogP contribution < -0.4 is 5.32 Å². The summed E-state index contributed by atoms with van der Waals surface area (Å²) in [7, 11) is 2.04. The van der Waals surface area contributed by atoms with Crippen LogP contribution in [0.1, 0.15) is 36.5 Å². The highest BCUT2D eigenvalue weighted by Gasteiger charge is 2.38. The van der Waals surface area contributed by atoms with Crippen molar-refractivity contribution in [2.75, 3.05) is 33.3 Å². The molecule has 0 saturated carbocycles. The fraction of sp³-hybridized carbons (Fsp3) is 0.733. The molecular formula is C15H26N4O2. The number of nitrogens with zero attached hydrogens (tertiary/aromatic N) is 2. The number of carbonyl (C=O) groups excluding carboxylic acids is 1. The summed E-state index contributed by atoms with van der Waals surface area (Å²) < 4.78 is 0. The molecule has 1 amide bonds. The van der Waals surface area contributed by atoms with Crippen LogP contribution in [0.5, 0.6) is 0 Å². The third kappa shape index (κ3) is 3.63. The highest BCUT2D eigenvalue weighted by atomic mass is 16.3. The lowest BCUT2D eigenvalue weighted by Crippen LogP contribution is -2.35. The molecule has 6 heteroatoms. The Morgan fingerprint density at radius 1 is 1.52 bits per heavy atom. The first-order valence-electron chi connectivity index (χ1n) is 7.69. The van der Waals surface area contributed by atoms with Crippen molar-refractivity contribution in [2.24, 2.45) is 5.92 Å². The third-order valence-electron chi connectivity index (χ3n) is 4.13. The van der Waals surface area contributed by atoms with E-state index in [2.05, 4.69) is 27.1 Å². The predicted octanol–water partition coefficient (Wildman–Crippen LogP) is 0.424. The van der Waals surface area contributed by atoms with E-state index in [1.165, 1.54) is 0 Å². The molecule has 1 fully saturated rings. The first-order chi connectivity index (χ1) is 10.1. The first kappa shape index (κ1) is 16.0. The molecule has 1 aliphatic heterocycles. The first-order valence-corrected chi connectivity index (χ1v) is 7.69. The number of carbonyl (C=O) groups is 1. The summed E-state index contributed by atoms with van der Waals surface area (Å²) in [4.78, 5) is 22.5. The maximum atomic E-state index is 12.4. The minimum absolute atomic E-state index is 0.0678. The Kier molecular flexibility index (Phi) is 5.36. The number of likely N-dealkylation sites (tertiary alicyclic amines) is 1. The van der Waals surface area contributed by atoms with Crippen molar-refractivity contribution in [3.05, 3.63) is 17.2 Å². The number of aromatic amines is 1. The Balaban J connectivity index is 2.12. The van der Waals surface area contributed by atoms with Crippen LogP contribution in [0.2, 0.25) is 0 Å². The van der Waals surface area contributed by atoms with Gasteiger partial charge in [-0.2, -0.15) is 0 Å². The van der Waals surface area contributed by atoms with E-state index in [1.807, 2.05) is 14.0 Å². The number of nitrogens with one attached hydrogen (secondary N) is 2. The number of rotatable bonds is 6. The molecule has 0 aromatic carbocycles. The zero-order valence-corrected chi connectivity index (χ0v) is 13.1. The quantitative estimate of drug-likeness (QED) is 0.664. The van der Waals surface area contributed by atoms with Gasteiger partial charge in [-0.05, 0) is 20.4 Å². The number of hydrogen-bond donors (Lipinski definition) is 3. The molecule has 3 N–H and O–H groups in total. The van der Waals surface area contributed by atoms with Gasteiger partial charge in [0.05, 0.1) is 11.6 Å². The average molecular weight is 294 g/mol. The number of aliphatic hydroxyl groups is 1. The summed E-state index contributed by atoms with van der Waals surface area (Å²) in [6.07, 6.45) is 1.47. The van der Waals surface area contributed by atoms with E-state index >= 15 is 0 Å². The second kappa shape index (κ2) is 7.04. The Morgan fingerprint density at radius 2 is 2.29 bits per heavy atom. The summed E-state index contributed by atoms with van der Waals surface area (Å²) in [5.74, 6) is 1.12. The molecule has 1 aromatic rings. The normalized spacial score (nSPS) is 22.7. The van der Waals surface area contributed by atoms with Crippen molar-refractivity contribution < 1.29 is 9.90 Å². The smallest absolute Gasteiger partial charge is 0.225 e. The zero-order valence-electron chi connectivity index (χ0n) is 13.1. The van der Waals surface area contributed by atoms with Gasteiger partial charge in [-0.25, -0.2) is 4.98 Å². The molecule has 0 bridgehead atoms. The van der Waals surface area contributed by atoms with Crippen LogP contribution in [0.15, 0.2) is 0 Å². The fourth-order valence-electron chi connectivity index (χ4n) is 3.03. The second-order valence-electron chi connectivity index (χ2n) is 5.85. The number of imidazole rings is 1. The lowest BCUT2D eigenvalue weighted by atomic mass is 9.91. The van der Waals surface area contributed by atoms with Crippen molar-refractivity contribution in [2.45, 2.75) is 32.6 Å². The van der Waals surface area contributed by atoms with Gasteiger partial charge >= 0.3 is 0 Å². The molecule has 1 aliphatic rings. The summed E-state index contributed by atoms with van der Waals surface area (Å²) in [6, 6.07) is 0. The van der Waals surface area contributed by atoms with Gasteiger partial charge in [0.15, 0.2) is 0 Å². The van der Waals surface area contributed by atoms with Crippen LogP contribution in [0.3, 0.4) is 0 Å². The molecular weight excluding hydrogens is 268 g/mol. The van der Waals surface area contributed by atoms with Crippen molar-refractivity contribution in [1.82, 2.24) is 20.2 Å². The Labute approximate surface area is 125 Å². The maximum Gasteiger partial charge on any atom is 0.225 e. The van der Waals surface area contributed by atoms with E-state index in [9.17, 15) is 4.79 Å². The number of aryl methyl sites for hydroxylation is 2. The van der Waals surface area contributed by atoms with Crippen molar-refractivity contribution >= 4 is 5.91 Å². The molecule has 21 heavy (non-hydrogen) atoms. The van der Waals surface area contributed by atoms with Crippen molar-refractivity contribution in [3.63, 3.8) is 0 Å². The third-order valence-corrected chi connectivity index (χ3v) is 4.13. The SMILES string of the molecule is CCc1nc([C@H]2CN(C)C[C@@H]2C(=O)NCCCO)c(C)[nH]1. The predicted molar refractivity (Wildman–Crippen MR) is 81.1 cm³/mol. The summed E-state index contributed by atoms with van der Waals surface area (Å²) in [5.41, 5.74) is 2.10. The van der Waals surface area contributed by atoms with E-state index in [0.717, 1.165) is 36.7 Å². The lowest BCUT2D eigenvalue weighted by Gasteiger charge is -2.17. The summed E-state index contributed by atoms with van der Waals surface area (Å²) >= 11 is 0. The summed E-state index contributed by atoms with van der Waals surface area (Å²) in [5, 5.41) is 11.7. The molecule has 118 valence electrons. The lowest BCUT2D eigenvalue weighted by molar-refractivity contribution is -0.125. The van der Waals surface area contributed by atoms with Gasteiger partial charge in [0.2, 0.25) is 5.91 Å². The van der Waals surface area contributed by atoms with Crippen LogP contribution >= 0.6 is 0 Å². The molecule has 0 spiro atoms. The molecule has 6 nitrogen and oxygen atoms in total. The van der Waals surface area contributed by atoms with E-state index in [0.29, 0.717) is 13.0 Å². The summed E-state index contributed by atoms with van der Waals surface area (Å²) in [6.45, 7) is 6.34. The highest BCUT2D eigenvalue weighted by Crippen LogP contribution is 2.32. The topological polar surface area (TPSA) is 81.2 Å². The van der Waals surface area contributed by atoms with E-state index in [1.54, 1.807) is 0 Å². The number of hydrogen-bond acceptors (Lipinski definition) is 4. The second-order valence-corrected chi connectivity index (χ2v) is 5.85. The average Bonchev–Trinajstić information content (AvgIpc) is 3.01. The van der Waals surface area contributed by atoms with Crippen LogP contribution in [0.25, 0.3) is 0 Å². The molecule has 0 aliphatic carbocycles. The van der Waals surface area contributed by atoms with Crippen LogP contribution in [-0.4, -0.2) is 59.2 Å². The number of H-pyrrole nitrogens is 1. The van der Waals surface area contributed by atoms with Gasteiger partial charge in [-0.3, -0.25) is 4.79 Å². The Bertz CT molecular complexity index is 486. The molecule has 2 heterocycles. The monoisotopic (exact) mass is 294 g/mol. The van der Waals surface area contributed by atoms with E-state index in [-0.39, 0.29) is 24.3 Å². The van der Waals surface area contributed by atoms with Gasteiger partial charge in [-0.15, -0.1) is 0 Å². The van der Waals surface area contributed by atoms with Gasteiger partial charge in [0.1, 0.15) is 5.82 Å². The highest BCUT2D eigenvalue weighted by molar-refractivity contribution is 5.80. The molecule has 0 radical (unpaired) electrons. The largest absolute Gasteiger partial charge is 0.396 e. The van der Waals surface area contributed by atoms with Crippen LogP contribution in [-0.2, 0) is 11.2 Å². The number of aromatic nitrogens is 2. The number of likely N-dealkylation sites (N-methyl/N-ethyl adjacent to an activating group) is 1. The minimum Gasteiger partial charge on any atom is -0.396 e. The molecule has 1 aromatic heterocycles. The van der Waals surface area contributed by atoms with Gasteiger partial charge in [0, 0.05) is 44.3 Å². The standard InChI is InChI=1S/C15H26N4O2/c1-4-13-17-10(2)14(18-13)11-8-19(3)9-12(11)15(21)16-6-5-7-20/h11-12,20H,4-9H2,1-3H3,(H,16,21)(H,17,18)/t11-,12-/m0/s1. The molecule has 1 saturated heterocycles. The fourth-order valence-corrected chi connectivity index (χ4v) is 3.03. The van der Waals surface area contributed by atoms with Gasteiger partial charge in [0.25, 0.3) is 0 Å². The zero-order chi connectivity index (χ0) is 15.4. The molecule has 2 atom stereocenters. The molecule has 0 unspecified atom stereocenters. The Morgan fingerprint density at radius 3 is 2.90 bits per heavy atom. The Hall–Kier alpha value is -1.40. The van der Waals surface area contributed by atoms with Crippen molar-refractivity contribution in [3.8, 4) is 0 Å². The van der Waals surface area contributed by atoms with E-state index in [4.69, 9.17) is 5.11 Å². The van der Waals surface area contributed by atoms with Crippen molar-refractivity contribution in [1.29, 1.82) is 0 Å². The van der Waals surface area contributed by atoms with Crippen LogP contribution in [0.4, 0.5) is 0 Å². The van der Waals surface area contributed by atoms with Gasteiger partial charge in [-0.1, -0.05) is 6.92 Å². The number of aliphatic hydroxyl groups excluding tert-OH is 1. The minimum atomic E-state index is -0.0691. The van der Waals surface area contributed by atoms with E-state index < -0.39 is 0 Å². The van der Waals surface area contributed by atoms with Crippen LogP contribution in [0, 0.1) is 12.8 Å². The van der Waals surface area contributed by atoms with Gasteiger partial charge < -0.3 is 20.3 Å².